The third-order valence-corrected chi connectivity index (χ3v) is 2.31. The normalized spacial score (nSPS) is 14.2. The van der Waals surface area contributed by atoms with Gasteiger partial charge in [-0.2, -0.15) is 0 Å². The summed E-state index contributed by atoms with van der Waals surface area (Å²) in [5, 5.41) is 11.3. The third-order valence-electron chi connectivity index (χ3n) is 2.31. The molecule has 0 saturated heterocycles. The fourth-order valence-corrected chi connectivity index (χ4v) is 1.55. The zero-order chi connectivity index (χ0) is 13.9. The van der Waals surface area contributed by atoms with Crippen LogP contribution in [0, 0.1) is 5.41 Å². The Hall–Kier alpha value is -1.10. The quantitative estimate of drug-likeness (QED) is 0.675. The van der Waals surface area contributed by atoms with Gasteiger partial charge >= 0.3 is 5.97 Å². The topological polar surface area (TPSA) is 92.4 Å². The second-order valence-electron chi connectivity index (χ2n) is 6.21. The van der Waals surface area contributed by atoms with E-state index < -0.39 is 11.5 Å². The Kier molecular flexibility index (Phi) is 5.13. The first kappa shape index (κ1) is 15.9. The molecule has 0 spiro atoms. The molecule has 0 aliphatic carbocycles. The van der Waals surface area contributed by atoms with Crippen LogP contribution >= 0.6 is 0 Å². The summed E-state index contributed by atoms with van der Waals surface area (Å²) in [6, 6.07) is -0.250. The van der Waals surface area contributed by atoms with Gasteiger partial charge in [0.2, 0.25) is 5.91 Å². The molecule has 1 unspecified atom stereocenters. The van der Waals surface area contributed by atoms with Crippen LogP contribution in [-0.2, 0) is 9.59 Å². The number of nitrogens with two attached hydrogens (primary N) is 1. The minimum Gasteiger partial charge on any atom is -0.480 e. The van der Waals surface area contributed by atoms with Gasteiger partial charge in [0.15, 0.2) is 0 Å². The molecule has 0 aliphatic rings. The van der Waals surface area contributed by atoms with Crippen LogP contribution in [0.1, 0.15) is 47.5 Å². The molecular weight excluding hydrogens is 220 g/mol. The van der Waals surface area contributed by atoms with Gasteiger partial charge in [-0.1, -0.05) is 20.8 Å². The molecular formula is C12H24N2O3. The molecule has 5 nitrogen and oxygen atoms in total. The third kappa shape index (κ3) is 6.94. The van der Waals surface area contributed by atoms with E-state index in [9.17, 15) is 9.59 Å². The van der Waals surface area contributed by atoms with Crippen molar-refractivity contribution in [2.75, 3.05) is 0 Å². The molecule has 0 aromatic carbocycles. The minimum atomic E-state index is -1.25. The van der Waals surface area contributed by atoms with E-state index in [0.29, 0.717) is 6.42 Å². The number of carboxylic acid groups (broad SMARTS) is 1. The second kappa shape index (κ2) is 5.49. The molecule has 0 aromatic heterocycles. The van der Waals surface area contributed by atoms with Crippen molar-refractivity contribution in [3.05, 3.63) is 0 Å². The first-order chi connectivity index (χ1) is 7.44. The second-order valence-corrected chi connectivity index (χ2v) is 6.21. The molecule has 0 fully saturated rings. The molecule has 1 amide bonds. The van der Waals surface area contributed by atoms with E-state index in [2.05, 4.69) is 5.32 Å². The Morgan fingerprint density at radius 1 is 1.24 bits per heavy atom. The number of carbonyl (C=O) groups excluding carboxylic acids is 1. The fourth-order valence-electron chi connectivity index (χ4n) is 1.55. The van der Waals surface area contributed by atoms with Gasteiger partial charge in [0.25, 0.3) is 0 Å². The molecule has 17 heavy (non-hydrogen) atoms. The Balaban J connectivity index is 4.24. The highest BCUT2D eigenvalue weighted by Crippen LogP contribution is 2.21. The SMILES string of the molecule is CC(C)(C)CC(N)CC(=O)NC(C)(C)C(=O)O. The van der Waals surface area contributed by atoms with Gasteiger partial charge in [-0.15, -0.1) is 0 Å². The zero-order valence-corrected chi connectivity index (χ0v) is 11.3. The van der Waals surface area contributed by atoms with E-state index in [1.165, 1.54) is 13.8 Å². The van der Waals surface area contributed by atoms with E-state index in [-0.39, 0.29) is 23.8 Å². The van der Waals surface area contributed by atoms with Crippen molar-refractivity contribution in [2.45, 2.75) is 59.0 Å². The van der Waals surface area contributed by atoms with Gasteiger partial charge in [0.1, 0.15) is 5.54 Å². The van der Waals surface area contributed by atoms with Gasteiger partial charge in [0.05, 0.1) is 0 Å². The van der Waals surface area contributed by atoms with Gasteiger partial charge in [-0.25, -0.2) is 4.79 Å². The Bertz CT molecular complexity index is 293. The zero-order valence-electron chi connectivity index (χ0n) is 11.3. The van der Waals surface area contributed by atoms with Gasteiger partial charge in [-0.05, 0) is 25.7 Å². The van der Waals surface area contributed by atoms with Crippen molar-refractivity contribution in [1.82, 2.24) is 5.32 Å². The number of nitrogens with one attached hydrogen (secondary N) is 1. The van der Waals surface area contributed by atoms with Gasteiger partial charge in [0, 0.05) is 12.5 Å². The van der Waals surface area contributed by atoms with E-state index in [0.717, 1.165) is 0 Å². The summed E-state index contributed by atoms with van der Waals surface area (Å²) >= 11 is 0. The molecule has 1 atom stereocenters. The van der Waals surface area contributed by atoms with Crippen molar-refractivity contribution in [3.8, 4) is 0 Å². The predicted octanol–water partition coefficient (Wildman–Crippen LogP) is 1.12. The first-order valence-corrected chi connectivity index (χ1v) is 5.74. The van der Waals surface area contributed by atoms with Crippen molar-refractivity contribution in [2.24, 2.45) is 11.1 Å². The number of hydrogen-bond acceptors (Lipinski definition) is 3. The van der Waals surface area contributed by atoms with E-state index in [1.54, 1.807) is 0 Å². The lowest BCUT2D eigenvalue weighted by Gasteiger charge is -2.25. The Morgan fingerprint density at radius 3 is 2.06 bits per heavy atom. The van der Waals surface area contributed by atoms with Crippen LogP contribution in [0.15, 0.2) is 0 Å². The van der Waals surface area contributed by atoms with Gasteiger partial charge in [-0.3, -0.25) is 4.79 Å². The summed E-state index contributed by atoms with van der Waals surface area (Å²) in [5.41, 5.74) is 4.65. The van der Waals surface area contributed by atoms with Crippen molar-refractivity contribution in [1.29, 1.82) is 0 Å². The lowest BCUT2D eigenvalue weighted by Crippen LogP contribution is -2.50. The van der Waals surface area contributed by atoms with Crippen LogP contribution in [-0.4, -0.2) is 28.6 Å². The van der Waals surface area contributed by atoms with E-state index in [1.807, 2.05) is 20.8 Å². The summed E-state index contributed by atoms with van der Waals surface area (Å²) in [7, 11) is 0. The average Bonchev–Trinajstić information content (AvgIpc) is 1.96. The average molecular weight is 244 g/mol. The highest BCUT2D eigenvalue weighted by Gasteiger charge is 2.29. The molecule has 0 heterocycles. The molecule has 0 bridgehead atoms. The molecule has 100 valence electrons. The van der Waals surface area contributed by atoms with Crippen molar-refractivity contribution in [3.63, 3.8) is 0 Å². The Morgan fingerprint density at radius 2 is 1.71 bits per heavy atom. The number of amides is 1. The number of rotatable bonds is 5. The maximum absolute atomic E-state index is 11.6. The lowest BCUT2D eigenvalue weighted by molar-refractivity contribution is -0.146. The largest absolute Gasteiger partial charge is 0.480 e. The smallest absolute Gasteiger partial charge is 0.328 e. The van der Waals surface area contributed by atoms with Gasteiger partial charge < -0.3 is 16.2 Å². The summed E-state index contributed by atoms with van der Waals surface area (Å²) in [4.78, 5) is 22.4. The highest BCUT2D eigenvalue weighted by molar-refractivity contribution is 5.86. The summed E-state index contributed by atoms with van der Waals surface area (Å²) in [6.45, 7) is 9.04. The molecule has 0 aliphatic heterocycles. The van der Waals surface area contributed by atoms with Crippen molar-refractivity contribution < 1.29 is 14.7 Å². The monoisotopic (exact) mass is 244 g/mol. The maximum atomic E-state index is 11.6. The molecule has 4 N–H and O–H groups in total. The van der Waals surface area contributed by atoms with E-state index in [4.69, 9.17) is 10.8 Å². The molecule has 0 radical (unpaired) electrons. The predicted molar refractivity (Wildman–Crippen MR) is 66.5 cm³/mol. The molecule has 0 aromatic rings. The van der Waals surface area contributed by atoms with E-state index >= 15 is 0 Å². The first-order valence-electron chi connectivity index (χ1n) is 5.74. The van der Waals surface area contributed by atoms with Crippen LogP contribution in [0.5, 0.6) is 0 Å². The number of carboxylic acids is 1. The highest BCUT2D eigenvalue weighted by atomic mass is 16.4. The van der Waals surface area contributed by atoms with Crippen LogP contribution in [0.3, 0.4) is 0 Å². The fraction of sp³-hybridized carbons (Fsp3) is 0.833. The maximum Gasteiger partial charge on any atom is 0.328 e. The van der Waals surface area contributed by atoms with Crippen LogP contribution in [0.25, 0.3) is 0 Å². The van der Waals surface area contributed by atoms with Crippen LogP contribution in [0.4, 0.5) is 0 Å². The molecule has 5 heteroatoms. The number of hydrogen-bond donors (Lipinski definition) is 3. The molecule has 0 rings (SSSR count). The standard InChI is InChI=1S/C12H24N2O3/c1-11(2,3)7-8(13)6-9(15)14-12(4,5)10(16)17/h8H,6-7,13H2,1-5H3,(H,14,15)(H,16,17). The number of aliphatic carboxylic acids is 1. The van der Waals surface area contributed by atoms with Crippen molar-refractivity contribution >= 4 is 11.9 Å². The summed E-state index contributed by atoms with van der Waals surface area (Å²) in [5.74, 6) is -1.38. The summed E-state index contributed by atoms with van der Waals surface area (Å²) < 4.78 is 0. The lowest BCUT2D eigenvalue weighted by atomic mass is 9.87. The molecule has 0 saturated carbocycles. The number of carbonyl (C=O) groups is 2. The van der Waals surface area contributed by atoms with Crippen LogP contribution < -0.4 is 11.1 Å². The van der Waals surface area contributed by atoms with Crippen LogP contribution in [0.2, 0.25) is 0 Å². The Labute approximate surface area is 103 Å². The minimum absolute atomic E-state index is 0.0576. The summed E-state index contributed by atoms with van der Waals surface area (Å²) in [6.07, 6.45) is 0.863.